The highest BCUT2D eigenvalue weighted by molar-refractivity contribution is 5.91. The van der Waals surface area contributed by atoms with Gasteiger partial charge in [0, 0.05) is 0 Å². The highest BCUT2D eigenvalue weighted by Crippen LogP contribution is 2.02. The van der Waals surface area contributed by atoms with Crippen LogP contribution in [0.2, 0.25) is 0 Å². The number of ether oxygens (including phenoxy) is 2. The van der Waals surface area contributed by atoms with E-state index in [4.69, 9.17) is 5.11 Å². The van der Waals surface area contributed by atoms with E-state index in [9.17, 15) is 9.59 Å². The molecule has 100 valence electrons. The summed E-state index contributed by atoms with van der Waals surface area (Å²) in [6, 6.07) is 8.71. The second-order valence-corrected chi connectivity index (χ2v) is 3.12. The van der Waals surface area contributed by atoms with E-state index in [-0.39, 0.29) is 19.6 Å². The molecule has 0 aliphatic rings. The number of esters is 2. The highest BCUT2D eigenvalue weighted by atomic mass is 16.5. The van der Waals surface area contributed by atoms with Crippen molar-refractivity contribution in [2.24, 2.45) is 0 Å². The average molecular weight is 254 g/mol. The molecule has 0 aromatic heterocycles. The molecule has 1 rings (SSSR count). The van der Waals surface area contributed by atoms with Gasteiger partial charge in [0.05, 0.1) is 13.2 Å². The number of aromatic hydroxyl groups is 1. The molecule has 1 N–H and O–H groups in total. The number of hydrogen-bond acceptors (Lipinski definition) is 5. The molecule has 0 amide bonds. The first kappa shape index (κ1) is 16.0. The van der Waals surface area contributed by atoms with Gasteiger partial charge in [-0.1, -0.05) is 18.2 Å². The van der Waals surface area contributed by atoms with Crippen molar-refractivity contribution in [2.45, 2.75) is 20.3 Å². The molecule has 5 heteroatoms. The van der Waals surface area contributed by atoms with Crippen LogP contribution in [0.5, 0.6) is 5.75 Å². The molecule has 1 aromatic rings. The van der Waals surface area contributed by atoms with Crippen LogP contribution in [0.15, 0.2) is 30.3 Å². The average Bonchev–Trinajstić information content (AvgIpc) is 2.31. The molecule has 0 bridgehead atoms. The lowest BCUT2D eigenvalue weighted by Gasteiger charge is -2.00. The van der Waals surface area contributed by atoms with E-state index < -0.39 is 11.9 Å². The van der Waals surface area contributed by atoms with Gasteiger partial charge in [-0.3, -0.25) is 9.59 Å². The summed E-state index contributed by atoms with van der Waals surface area (Å²) in [7, 11) is 0. The van der Waals surface area contributed by atoms with Gasteiger partial charge in [0.1, 0.15) is 12.2 Å². The predicted molar refractivity (Wildman–Crippen MR) is 66.0 cm³/mol. The molecule has 0 atom stereocenters. The summed E-state index contributed by atoms with van der Waals surface area (Å²) in [6.07, 6.45) is -0.290. The smallest absolute Gasteiger partial charge is 0.317 e. The van der Waals surface area contributed by atoms with Crippen LogP contribution in [0.3, 0.4) is 0 Å². The van der Waals surface area contributed by atoms with Gasteiger partial charge in [-0.05, 0) is 26.0 Å². The zero-order valence-electron chi connectivity index (χ0n) is 10.6. The fourth-order valence-corrected chi connectivity index (χ4v) is 0.970. The third kappa shape index (κ3) is 9.21. The van der Waals surface area contributed by atoms with E-state index in [0.717, 1.165) is 0 Å². The molecule has 0 aliphatic carbocycles. The minimum atomic E-state index is -0.536. The molecule has 0 saturated carbocycles. The van der Waals surface area contributed by atoms with Crippen molar-refractivity contribution < 1.29 is 24.2 Å². The molecule has 0 unspecified atom stereocenters. The second-order valence-electron chi connectivity index (χ2n) is 3.12. The van der Waals surface area contributed by atoms with Crippen LogP contribution >= 0.6 is 0 Å². The molecular formula is C13H18O5. The van der Waals surface area contributed by atoms with Crippen molar-refractivity contribution in [1.29, 1.82) is 0 Å². The molecule has 5 nitrogen and oxygen atoms in total. The number of benzene rings is 1. The Labute approximate surface area is 106 Å². The predicted octanol–water partition coefficient (Wildman–Crippen LogP) is 1.89. The minimum absolute atomic E-state index is 0.290. The molecular weight excluding hydrogens is 236 g/mol. The van der Waals surface area contributed by atoms with Gasteiger partial charge >= 0.3 is 11.9 Å². The van der Waals surface area contributed by atoms with Gasteiger partial charge in [-0.15, -0.1) is 0 Å². The second kappa shape index (κ2) is 10.1. The zero-order valence-corrected chi connectivity index (χ0v) is 10.6. The van der Waals surface area contributed by atoms with Crippen molar-refractivity contribution in [3.63, 3.8) is 0 Å². The number of carbonyl (C=O) groups is 2. The molecule has 0 heterocycles. The summed E-state index contributed by atoms with van der Waals surface area (Å²) in [6.45, 7) is 3.95. The molecule has 0 spiro atoms. The van der Waals surface area contributed by atoms with E-state index in [0.29, 0.717) is 5.75 Å². The Morgan fingerprint density at radius 3 is 1.72 bits per heavy atom. The quantitative estimate of drug-likeness (QED) is 0.656. The number of hydrogen-bond donors (Lipinski definition) is 1. The maximum Gasteiger partial charge on any atom is 0.317 e. The lowest BCUT2D eigenvalue weighted by Crippen LogP contribution is -2.13. The zero-order chi connectivity index (χ0) is 13.8. The normalized spacial score (nSPS) is 8.78. The maximum absolute atomic E-state index is 10.6. The van der Waals surface area contributed by atoms with Gasteiger partial charge in [-0.2, -0.15) is 0 Å². The van der Waals surface area contributed by atoms with Crippen LogP contribution < -0.4 is 0 Å². The number of rotatable bonds is 4. The molecule has 0 saturated heterocycles. The molecule has 18 heavy (non-hydrogen) atoms. The van der Waals surface area contributed by atoms with Crippen LogP contribution in [0.1, 0.15) is 20.3 Å². The summed E-state index contributed by atoms with van der Waals surface area (Å²) in [5, 5.41) is 8.63. The Morgan fingerprint density at radius 1 is 1.00 bits per heavy atom. The molecule has 0 radical (unpaired) electrons. The Balaban J connectivity index is 0.000000351. The Kier molecular flexibility index (Phi) is 8.99. The highest BCUT2D eigenvalue weighted by Gasteiger charge is 2.09. The Morgan fingerprint density at radius 2 is 1.44 bits per heavy atom. The third-order valence-corrected chi connectivity index (χ3v) is 1.66. The standard InChI is InChI=1S/C7H12O4.C6H6O/c1-3-10-6(8)5-7(9)11-4-2;7-6-4-2-1-3-5-6/h3-5H2,1-2H3;1-5,7H. The van der Waals surface area contributed by atoms with Gasteiger partial charge in [0.25, 0.3) is 0 Å². The summed E-state index contributed by atoms with van der Waals surface area (Å²) < 4.78 is 9.04. The van der Waals surface area contributed by atoms with Crippen molar-refractivity contribution in [1.82, 2.24) is 0 Å². The van der Waals surface area contributed by atoms with Gasteiger partial charge in [-0.25, -0.2) is 0 Å². The van der Waals surface area contributed by atoms with Gasteiger partial charge < -0.3 is 14.6 Å². The summed E-state index contributed by atoms with van der Waals surface area (Å²) >= 11 is 0. The van der Waals surface area contributed by atoms with E-state index in [2.05, 4.69) is 9.47 Å². The number of para-hydroxylation sites is 1. The summed E-state index contributed by atoms with van der Waals surface area (Å²) in [4.78, 5) is 21.2. The monoisotopic (exact) mass is 254 g/mol. The Bertz CT molecular complexity index is 332. The summed E-state index contributed by atoms with van der Waals surface area (Å²) in [5.74, 6) is -0.751. The SMILES string of the molecule is CCOC(=O)CC(=O)OCC.Oc1ccccc1. The third-order valence-electron chi connectivity index (χ3n) is 1.66. The van der Waals surface area contributed by atoms with E-state index in [1.165, 1.54) is 0 Å². The first-order chi connectivity index (χ1) is 8.60. The first-order valence-corrected chi connectivity index (χ1v) is 5.65. The molecule has 0 fully saturated rings. The fraction of sp³-hybridized carbons (Fsp3) is 0.385. The van der Waals surface area contributed by atoms with Crippen LogP contribution in [-0.2, 0) is 19.1 Å². The van der Waals surface area contributed by atoms with Crippen LogP contribution in [0.4, 0.5) is 0 Å². The van der Waals surface area contributed by atoms with Crippen molar-refractivity contribution in [3.05, 3.63) is 30.3 Å². The molecule has 0 aliphatic heterocycles. The largest absolute Gasteiger partial charge is 0.508 e. The fourth-order valence-electron chi connectivity index (χ4n) is 0.970. The van der Waals surface area contributed by atoms with Crippen molar-refractivity contribution in [2.75, 3.05) is 13.2 Å². The maximum atomic E-state index is 10.6. The Hall–Kier alpha value is -2.04. The van der Waals surface area contributed by atoms with E-state index in [1.54, 1.807) is 38.1 Å². The van der Waals surface area contributed by atoms with Crippen LogP contribution in [-0.4, -0.2) is 30.3 Å². The summed E-state index contributed by atoms with van der Waals surface area (Å²) in [5.41, 5.74) is 0. The van der Waals surface area contributed by atoms with Gasteiger partial charge in [0.15, 0.2) is 0 Å². The van der Waals surface area contributed by atoms with Crippen LogP contribution in [0.25, 0.3) is 0 Å². The molecule has 1 aromatic carbocycles. The van der Waals surface area contributed by atoms with Crippen molar-refractivity contribution in [3.8, 4) is 5.75 Å². The van der Waals surface area contributed by atoms with Crippen LogP contribution in [0, 0.1) is 0 Å². The number of carbonyl (C=O) groups excluding carboxylic acids is 2. The lowest BCUT2D eigenvalue weighted by atomic mass is 10.3. The van der Waals surface area contributed by atoms with Crippen molar-refractivity contribution >= 4 is 11.9 Å². The number of phenols is 1. The van der Waals surface area contributed by atoms with Gasteiger partial charge in [0.2, 0.25) is 0 Å². The number of phenolic OH excluding ortho intramolecular Hbond substituents is 1. The topological polar surface area (TPSA) is 72.8 Å². The minimum Gasteiger partial charge on any atom is -0.508 e. The van der Waals surface area contributed by atoms with E-state index in [1.807, 2.05) is 6.07 Å². The first-order valence-electron chi connectivity index (χ1n) is 5.65. The lowest BCUT2D eigenvalue weighted by molar-refractivity contribution is -0.153. The van der Waals surface area contributed by atoms with E-state index >= 15 is 0 Å².